The van der Waals surface area contributed by atoms with Crippen molar-refractivity contribution >= 4 is 15.9 Å². The first-order chi connectivity index (χ1) is 9.69. The molecule has 2 nitrogen and oxygen atoms in total. The number of ether oxygens (including phenoxy) is 1. The lowest BCUT2D eigenvalue weighted by atomic mass is 9.97. The Morgan fingerprint density at radius 3 is 2.95 bits per heavy atom. The first-order valence-electron chi connectivity index (χ1n) is 7.42. The van der Waals surface area contributed by atoms with Crippen molar-refractivity contribution in [2.75, 3.05) is 13.7 Å². The molecule has 0 amide bonds. The molecular weight excluding hydrogens is 321 g/mol. The zero-order valence-corrected chi connectivity index (χ0v) is 13.6. The minimum Gasteiger partial charge on any atom is -0.378 e. The molecule has 0 radical (unpaired) electrons. The van der Waals surface area contributed by atoms with Crippen molar-refractivity contribution < 1.29 is 9.13 Å². The van der Waals surface area contributed by atoms with Crippen LogP contribution in [0.25, 0.3) is 0 Å². The molecule has 1 aliphatic heterocycles. The molecule has 0 saturated carbocycles. The van der Waals surface area contributed by atoms with Gasteiger partial charge in [0.1, 0.15) is 5.82 Å². The Morgan fingerprint density at radius 1 is 1.45 bits per heavy atom. The molecule has 2 unspecified atom stereocenters. The summed E-state index contributed by atoms with van der Waals surface area (Å²) in [5, 5.41) is 3.36. The number of nitrogens with one attached hydrogen (secondary N) is 1. The summed E-state index contributed by atoms with van der Waals surface area (Å²) in [6, 6.07) is 5.33. The fraction of sp³-hybridized carbons (Fsp3) is 0.625. The number of rotatable bonds is 6. The average Bonchev–Trinajstić information content (AvgIpc) is 2.46. The van der Waals surface area contributed by atoms with E-state index in [9.17, 15) is 4.39 Å². The summed E-state index contributed by atoms with van der Waals surface area (Å²) < 4.78 is 19.7. The largest absolute Gasteiger partial charge is 0.378 e. The third-order valence-corrected chi connectivity index (χ3v) is 4.74. The molecular formula is C16H23BrFNO. The van der Waals surface area contributed by atoms with E-state index in [4.69, 9.17) is 4.74 Å². The second kappa shape index (κ2) is 8.11. The molecule has 0 spiro atoms. The second-order valence-corrected chi connectivity index (χ2v) is 6.35. The summed E-state index contributed by atoms with van der Waals surface area (Å²) in [5.74, 6) is -0.197. The van der Waals surface area contributed by atoms with Crippen molar-refractivity contribution in [1.29, 1.82) is 0 Å². The van der Waals surface area contributed by atoms with Crippen LogP contribution in [0.15, 0.2) is 22.7 Å². The minimum absolute atomic E-state index is 0.197. The maximum absolute atomic E-state index is 13.1. The molecule has 2 atom stereocenters. The van der Waals surface area contributed by atoms with Gasteiger partial charge in [0.05, 0.1) is 6.10 Å². The maximum atomic E-state index is 13.1. The van der Waals surface area contributed by atoms with Crippen LogP contribution in [0.2, 0.25) is 0 Å². The lowest BCUT2D eigenvalue weighted by Crippen LogP contribution is -2.30. The molecule has 1 aliphatic rings. The predicted molar refractivity (Wildman–Crippen MR) is 83.5 cm³/mol. The van der Waals surface area contributed by atoms with Gasteiger partial charge in [-0.2, -0.15) is 0 Å². The van der Waals surface area contributed by atoms with Gasteiger partial charge in [-0.25, -0.2) is 4.39 Å². The van der Waals surface area contributed by atoms with Gasteiger partial charge in [0.15, 0.2) is 0 Å². The summed E-state index contributed by atoms with van der Waals surface area (Å²) in [6.45, 7) is 0.915. The topological polar surface area (TPSA) is 21.3 Å². The molecule has 0 bridgehead atoms. The first-order valence-corrected chi connectivity index (χ1v) is 8.21. The minimum atomic E-state index is -0.197. The van der Waals surface area contributed by atoms with Gasteiger partial charge in [0, 0.05) is 17.1 Å². The zero-order chi connectivity index (χ0) is 14.4. The Morgan fingerprint density at radius 2 is 2.30 bits per heavy atom. The van der Waals surface area contributed by atoms with Crippen LogP contribution >= 0.6 is 15.9 Å². The molecule has 1 aromatic carbocycles. The number of likely N-dealkylation sites (N-methyl/N-ethyl adjacent to an activating group) is 1. The predicted octanol–water partition coefficient (Wildman–Crippen LogP) is 4.07. The molecule has 20 heavy (non-hydrogen) atoms. The van der Waals surface area contributed by atoms with Crippen molar-refractivity contribution in [1.82, 2.24) is 5.32 Å². The van der Waals surface area contributed by atoms with Crippen molar-refractivity contribution in [3.8, 4) is 0 Å². The van der Waals surface area contributed by atoms with Gasteiger partial charge in [0.25, 0.3) is 0 Å². The van der Waals surface area contributed by atoms with Gasteiger partial charge in [-0.05, 0) is 63.3 Å². The Kier molecular flexibility index (Phi) is 6.46. The van der Waals surface area contributed by atoms with Crippen LogP contribution in [0, 0.1) is 5.82 Å². The highest BCUT2D eigenvalue weighted by Crippen LogP contribution is 2.22. The van der Waals surface area contributed by atoms with E-state index in [1.54, 1.807) is 0 Å². The molecule has 1 N–H and O–H groups in total. The lowest BCUT2D eigenvalue weighted by Gasteiger charge is -2.25. The third kappa shape index (κ3) is 4.83. The monoisotopic (exact) mass is 343 g/mol. The van der Waals surface area contributed by atoms with E-state index in [0.29, 0.717) is 12.1 Å². The normalized spacial score (nSPS) is 20.9. The standard InChI is InChI=1S/C16H23BrFNO/c1-19-14(7-8-15-4-2-3-9-20-15)10-12-5-6-13(18)11-16(12)17/h5-6,11,14-15,19H,2-4,7-10H2,1H3. The molecule has 1 fully saturated rings. The number of benzene rings is 1. The van der Waals surface area contributed by atoms with E-state index < -0.39 is 0 Å². The maximum Gasteiger partial charge on any atom is 0.124 e. The summed E-state index contributed by atoms with van der Waals surface area (Å²) in [7, 11) is 1.99. The van der Waals surface area contributed by atoms with E-state index in [2.05, 4.69) is 21.2 Å². The first kappa shape index (κ1) is 15.9. The Labute approximate surface area is 129 Å². The average molecular weight is 344 g/mol. The molecule has 1 aromatic rings. The molecule has 2 rings (SSSR count). The van der Waals surface area contributed by atoms with Crippen molar-refractivity contribution in [3.05, 3.63) is 34.1 Å². The molecule has 0 aliphatic carbocycles. The molecule has 0 aromatic heterocycles. The lowest BCUT2D eigenvalue weighted by molar-refractivity contribution is 0.00870. The van der Waals surface area contributed by atoms with Crippen LogP contribution < -0.4 is 5.32 Å². The summed E-state index contributed by atoms with van der Waals surface area (Å²) >= 11 is 3.44. The highest BCUT2D eigenvalue weighted by Gasteiger charge is 2.17. The zero-order valence-electron chi connectivity index (χ0n) is 12.0. The summed E-state index contributed by atoms with van der Waals surface area (Å²) in [4.78, 5) is 0. The molecule has 4 heteroatoms. The van der Waals surface area contributed by atoms with Gasteiger partial charge in [-0.1, -0.05) is 22.0 Å². The summed E-state index contributed by atoms with van der Waals surface area (Å²) in [5.41, 5.74) is 1.15. The Hall–Kier alpha value is -0.450. The third-order valence-electron chi connectivity index (χ3n) is 4.00. The smallest absolute Gasteiger partial charge is 0.124 e. The van der Waals surface area contributed by atoms with E-state index in [1.165, 1.54) is 31.4 Å². The fourth-order valence-electron chi connectivity index (χ4n) is 2.72. The number of hydrogen-bond acceptors (Lipinski definition) is 2. The van der Waals surface area contributed by atoms with E-state index in [0.717, 1.165) is 35.9 Å². The highest BCUT2D eigenvalue weighted by atomic mass is 79.9. The van der Waals surface area contributed by atoms with Crippen LogP contribution in [0.5, 0.6) is 0 Å². The molecule has 1 saturated heterocycles. The van der Waals surface area contributed by atoms with Gasteiger partial charge < -0.3 is 10.1 Å². The van der Waals surface area contributed by atoms with Crippen molar-refractivity contribution in [2.24, 2.45) is 0 Å². The van der Waals surface area contributed by atoms with Crippen LogP contribution in [0.4, 0.5) is 4.39 Å². The van der Waals surface area contributed by atoms with Crippen LogP contribution in [0.3, 0.4) is 0 Å². The molecule has 112 valence electrons. The van der Waals surface area contributed by atoms with Crippen molar-refractivity contribution in [3.63, 3.8) is 0 Å². The number of halogens is 2. The van der Waals surface area contributed by atoms with Crippen LogP contribution in [-0.4, -0.2) is 25.8 Å². The number of hydrogen-bond donors (Lipinski definition) is 1. The highest BCUT2D eigenvalue weighted by molar-refractivity contribution is 9.10. The van der Waals surface area contributed by atoms with Gasteiger partial charge in [0.2, 0.25) is 0 Å². The van der Waals surface area contributed by atoms with E-state index >= 15 is 0 Å². The second-order valence-electron chi connectivity index (χ2n) is 5.49. The fourth-order valence-corrected chi connectivity index (χ4v) is 3.24. The van der Waals surface area contributed by atoms with E-state index in [-0.39, 0.29) is 5.82 Å². The van der Waals surface area contributed by atoms with Crippen molar-refractivity contribution in [2.45, 2.75) is 50.7 Å². The SMILES string of the molecule is CNC(CCC1CCCCO1)Cc1ccc(F)cc1Br. The van der Waals surface area contributed by atoms with E-state index in [1.807, 2.05) is 13.1 Å². The van der Waals surface area contributed by atoms with Gasteiger partial charge in [-0.15, -0.1) is 0 Å². The Balaban J connectivity index is 1.84. The Bertz CT molecular complexity index is 421. The van der Waals surface area contributed by atoms with Gasteiger partial charge in [-0.3, -0.25) is 0 Å². The quantitative estimate of drug-likeness (QED) is 0.840. The van der Waals surface area contributed by atoms with Crippen LogP contribution in [0.1, 0.15) is 37.7 Å². The van der Waals surface area contributed by atoms with Gasteiger partial charge >= 0.3 is 0 Å². The molecule has 1 heterocycles. The van der Waals surface area contributed by atoms with Crippen LogP contribution in [-0.2, 0) is 11.2 Å². The summed E-state index contributed by atoms with van der Waals surface area (Å²) in [6.07, 6.45) is 7.21.